The fourth-order valence-electron chi connectivity index (χ4n) is 6.52. The van der Waals surface area contributed by atoms with Crippen LogP contribution in [0.25, 0.3) is 21.9 Å². The van der Waals surface area contributed by atoms with Gasteiger partial charge in [0.2, 0.25) is 11.8 Å². The second-order valence-corrected chi connectivity index (χ2v) is 20.8. The lowest BCUT2D eigenvalue weighted by molar-refractivity contribution is -0.141. The maximum absolute atomic E-state index is 13.0. The molecular weight excluding hydrogens is 975 g/mol. The molecule has 12 N–H and O–H groups in total. The molecule has 27 nitrogen and oxygen atoms in total. The van der Waals surface area contributed by atoms with E-state index in [9.17, 15) is 72.9 Å². The average Bonchev–Trinajstić information content (AvgIpc) is 3.81. The molecule has 3 heterocycles. The number of hydrogen-bond acceptors (Lipinski definition) is 20. The van der Waals surface area contributed by atoms with Gasteiger partial charge in [-0.25, -0.2) is 28.6 Å². The molecular formula is C36H48N7O20P3S. The fraction of sp³-hybridized carbons (Fsp3) is 0.472. The van der Waals surface area contributed by atoms with E-state index in [-0.39, 0.29) is 42.2 Å². The SMILES string of the molecule is CC(C)(COP(=O)(O)OP(=O)(O)OC[C@H]1O[C@@H](n2cnc3c(N)ncnc32)[C@H](O)[C@@H]1OP(=O)(O)O)[C@@H](O)C(=O)NCCC(=O)NCCSC(=O)C(CC(=O)O)C(O)c1ccc2ccccc2c1. The number of carboxylic acids is 1. The number of hydrogen-bond donors (Lipinski definition) is 11. The molecule has 0 spiro atoms. The predicted molar refractivity (Wildman–Crippen MR) is 232 cm³/mol. The monoisotopic (exact) mass is 1020 g/mol. The Labute approximate surface area is 383 Å². The molecule has 1 fully saturated rings. The molecule has 1 aliphatic rings. The molecule has 0 aliphatic carbocycles. The van der Waals surface area contributed by atoms with Crippen LogP contribution in [0.1, 0.15) is 44.6 Å². The van der Waals surface area contributed by atoms with E-state index < -0.39 is 114 Å². The molecule has 0 bridgehead atoms. The molecule has 1 aliphatic heterocycles. The van der Waals surface area contributed by atoms with Gasteiger partial charge in [0.15, 0.2) is 22.8 Å². The summed E-state index contributed by atoms with van der Waals surface area (Å²) in [4.78, 5) is 101. The van der Waals surface area contributed by atoms with Gasteiger partial charge < -0.3 is 61.1 Å². The van der Waals surface area contributed by atoms with E-state index in [1.165, 1.54) is 13.8 Å². The van der Waals surface area contributed by atoms with Gasteiger partial charge in [-0.2, -0.15) is 4.31 Å². The summed E-state index contributed by atoms with van der Waals surface area (Å²) in [5, 5.41) is 47.9. The van der Waals surface area contributed by atoms with Gasteiger partial charge in [0, 0.05) is 30.7 Å². The number of aromatic nitrogens is 4. The molecule has 4 aromatic rings. The van der Waals surface area contributed by atoms with Gasteiger partial charge >= 0.3 is 29.4 Å². The zero-order valence-electron chi connectivity index (χ0n) is 35.3. The van der Waals surface area contributed by atoms with Crippen molar-refractivity contribution in [2.45, 2.75) is 63.4 Å². The van der Waals surface area contributed by atoms with Crippen molar-refractivity contribution in [2.75, 3.05) is 37.8 Å². The highest BCUT2D eigenvalue weighted by Gasteiger charge is 2.50. The number of fused-ring (bicyclic) bond motifs is 2. The number of nitrogens with zero attached hydrogens (tertiary/aromatic N) is 4. The van der Waals surface area contributed by atoms with E-state index in [0.717, 1.165) is 39.8 Å². The first-order chi connectivity index (χ1) is 31.3. The number of phosphoric ester groups is 3. The highest BCUT2D eigenvalue weighted by molar-refractivity contribution is 8.13. The van der Waals surface area contributed by atoms with Gasteiger partial charge in [0.1, 0.15) is 36.3 Å². The number of aliphatic hydroxyl groups is 3. The summed E-state index contributed by atoms with van der Waals surface area (Å²) in [7, 11) is -16.5. The van der Waals surface area contributed by atoms with Gasteiger partial charge in [-0.05, 0) is 22.4 Å². The smallest absolute Gasteiger partial charge is 0.481 e. The van der Waals surface area contributed by atoms with Crippen LogP contribution < -0.4 is 16.4 Å². The van der Waals surface area contributed by atoms with Crippen molar-refractivity contribution in [2.24, 2.45) is 11.3 Å². The number of nitrogens with two attached hydrogens (primary N) is 1. The van der Waals surface area contributed by atoms with Gasteiger partial charge in [-0.15, -0.1) is 0 Å². The standard InChI is InChI=1S/C36H48N7O20P3S/c1-36(2,30(49)33(50)39-10-9-24(44)38-11-12-67-35(51)22(14-25(45)46)27(47)21-8-7-19-5-3-4-6-20(19)13-21)16-60-66(57,58)63-65(55,56)59-15-23-29(62-64(52,53)54)28(48)34(61-23)43-18-42-26-31(37)40-17-41-32(26)43/h3-8,13,17-18,22-23,27-30,34,47-49H,9-12,14-16H2,1-2H3,(H,38,44)(H,39,50)(H,45,46)(H,55,56)(H,57,58)(H2,37,40,41)(H2,52,53,54)/t22?,23-,27?,28-,29-,30+,34-/m1/s1. The highest BCUT2D eigenvalue weighted by atomic mass is 32.2. The predicted octanol–water partition coefficient (Wildman–Crippen LogP) is 0.642. The normalized spacial score (nSPS) is 21.0. The molecule has 2 amide bonds. The van der Waals surface area contributed by atoms with Gasteiger partial charge in [-0.3, -0.25) is 37.3 Å². The number of aliphatic hydroxyl groups excluding tert-OH is 3. The van der Waals surface area contributed by atoms with E-state index in [2.05, 4.69) is 34.4 Å². The lowest BCUT2D eigenvalue weighted by atomic mass is 9.87. The number of carboxylic acid groups (broad SMARTS) is 1. The van der Waals surface area contributed by atoms with E-state index in [0.29, 0.717) is 5.56 Å². The van der Waals surface area contributed by atoms with E-state index in [4.69, 9.17) is 19.5 Å². The number of nitrogen functional groups attached to an aromatic ring is 1. The number of phosphoric acid groups is 3. The molecule has 1 saturated heterocycles. The number of thioether (sulfide) groups is 1. The molecule has 9 atom stereocenters. The zero-order chi connectivity index (χ0) is 49.5. The summed E-state index contributed by atoms with van der Waals surface area (Å²) in [6, 6.07) is 12.3. The minimum absolute atomic E-state index is 0.0119. The molecule has 0 radical (unpaired) electrons. The van der Waals surface area contributed by atoms with Crippen LogP contribution in [0.2, 0.25) is 0 Å². The molecule has 2 aromatic heterocycles. The first kappa shape index (κ1) is 53.6. The van der Waals surface area contributed by atoms with Crippen molar-refractivity contribution in [3.8, 4) is 0 Å². The van der Waals surface area contributed by atoms with Crippen LogP contribution in [0, 0.1) is 11.3 Å². The largest absolute Gasteiger partial charge is 0.481 e. The number of imidazole rings is 1. The Balaban J connectivity index is 1.04. The summed E-state index contributed by atoms with van der Waals surface area (Å²) in [6.45, 7) is -0.0287. The van der Waals surface area contributed by atoms with E-state index in [1.54, 1.807) is 24.3 Å². The Hall–Kier alpha value is -4.31. The van der Waals surface area contributed by atoms with Crippen LogP contribution in [0.15, 0.2) is 55.1 Å². The molecule has 0 saturated carbocycles. The Morgan fingerprint density at radius 3 is 2.33 bits per heavy atom. The van der Waals surface area contributed by atoms with Crippen molar-refractivity contribution >= 4 is 85.9 Å². The molecule has 368 valence electrons. The van der Waals surface area contributed by atoms with Crippen molar-refractivity contribution in [1.82, 2.24) is 30.2 Å². The quantitative estimate of drug-likeness (QED) is 0.0339. The summed E-state index contributed by atoms with van der Waals surface area (Å²) in [6.07, 6.45) is -9.31. The molecule has 5 rings (SSSR count). The zero-order valence-corrected chi connectivity index (χ0v) is 38.8. The number of carbonyl (C=O) groups is 4. The van der Waals surface area contributed by atoms with Crippen molar-refractivity contribution in [3.63, 3.8) is 0 Å². The summed E-state index contributed by atoms with van der Waals surface area (Å²) < 4.78 is 62.3. The molecule has 67 heavy (non-hydrogen) atoms. The van der Waals surface area contributed by atoms with Crippen LogP contribution in [0.3, 0.4) is 0 Å². The maximum Gasteiger partial charge on any atom is 0.481 e. The first-order valence-corrected chi connectivity index (χ1v) is 25.2. The fourth-order valence-corrected chi connectivity index (χ4v) is 10.2. The number of rotatable bonds is 24. The number of aliphatic carboxylic acids is 1. The third-order valence-corrected chi connectivity index (χ3v) is 14.0. The van der Waals surface area contributed by atoms with Crippen molar-refractivity contribution < 1.29 is 95.5 Å². The number of ether oxygens (including phenoxy) is 1. The molecule has 2 aromatic carbocycles. The molecule has 4 unspecified atom stereocenters. The van der Waals surface area contributed by atoms with Crippen LogP contribution in [0.4, 0.5) is 5.82 Å². The second-order valence-electron chi connectivity index (χ2n) is 15.5. The number of anilines is 1. The van der Waals surface area contributed by atoms with Crippen LogP contribution >= 0.6 is 35.2 Å². The van der Waals surface area contributed by atoms with Crippen molar-refractivity contribution in [3.05, 3.63) is 60.7 Å². The van der Waals surface area contributed by atoms with Crippen LogP contribution in [-0.2, 0) is 55.5 Å². The summed E-state index contributed by atoms with van der Waals surface area (Å²) >= 11 is 0.724. The van der Waals surface area contributed by atoms with E-state index >= 15 is 0 Å². The Kier molecular flexibility index (Phi) is 17.9. The van der Waals surface area contributed by atoms with Crippen LogP contribution in [0.5, 0.6) is 0 Å². The lowest BCUT2D eigenvalue weighted by Crippen LogP contribution is -2.46. The van der Waals surface area contributed by atoms with Crippen molar-refractivity contribution in [1.29, 1.82) is 0 Å². The number of nitrogens with one attached hydrogen (secondary N) is 2. The Bertz CT molecular complexity index is 2580. The minimum Gasteiger partial charge on any atom is -0.481 e. The number of carbonyl (C=O) groups excluding carboxylic acids is 3. The summed E-state index contributed by atoms with van der Waals surface area (Å²) in [5.41, 5.74) is 4.53. The third-order valence-electron chi connectivity index (χ3n) is 9.94. The van der Waals surface area contributed by atoms with Gasteiger partial charge in [-0.1, -0.05) is 62.0 Å². The Morgan fingerprint density at radius 2 is 1.64 bits per heavy atom. The molecule has 31 heteroatoms. The lowest BCUT2D eigenvalue weighted by Gasteiger charge is -2.30. The summed E-state index contributed by atoms with van der Waals surface area (Å²) in [5.74, 6) is -4.24. The highest BCUT2D eigenvalue weighted by Crippen LogP contribution is 2.61. The Morgan fingerprint density at radius 1 is 0.955 bits per heavy atom. The third kappa shape index (κ3) is 14.8. The van der Waals surface area contributed by atoms with Gasteiger partial charge in [0.25, 0.3) is 0 Å². The second kappa shape index (κ2) is 22.4. The number of benzene rings is 2. The minimum atomic E-state index is -5.62. The maximum atomic E-state index is 13.0. The topological polar surface area (TPSA) is 421 Å². The number of amides is 2. The van der Waals surface area contributed by atoms with Gasteiger partial charge in [0.05, 0.1) is 38.0 Å². The van der Waals surface area contributed by atoms with Crippen LogP contribution in [-0.4, -0.2) is 139 Å². The average molecular weight is 1020 g/mol. The first-order valence-electron chi connectivity index (χ1n) is 19.7. The van der Waals surface area contributed by atoms with E-state index in [1.807, 2.05) is 18.2 Å².